The predicted octanol–water partition coefficient (Wildman–Crippen LogP) is 2.13. The van der Waals surface area contributed by atoms with Crippen LogP contribution in [0.5, 0.6) is 0 Å². The molecule has 1 aromatic carbocycles. The Hall–Kier alpha value is -1.71. The second kappa shape index (κ2) is 4.65. The minimum atomic E-state index is -0.793. The Labute approximate surface area is 98.6 Å². The minimum Gasteiger partial charge on any atom is -0.465 e. The lowest BCUT2D eigenvalue weighted by Gasteiger charge is -2.07. The zero-order valence-electron chi connectivity index (χ0n) is 9.53. The fourth-order valence-corrected chi connectivity index (χ4v) is 1.95. The number of hydrogen-bond donors (Lipinski definition) is 0. The quantitative estimate of drug-likeness (QED) is 0.596. The number of fused-ring (bicyclic) bond motifs is 1. The molecule has 1 aliphatic rings. The Morgan fingerprint density at radius 2 is 2.29 bits per heavy atom. The lowest BCUT2D eigenvalue weighted by atomic mass is 10.1. The zero-order valence-corrected chi connectivity index (χ0v) is 9.53. The smallest absolute Gasteiger partial charge is 0.317 e. The van der Waals surface area contributed by atoms with E-state index in [1.165, 1.54) is 12.1 Å². The summed E-state index contributed by atoms with van der Waals surface area (Å²) in [7, 11) is 0. The van der Waals surface area contributed by atoms with E-state index in [9.17, 15) is 14.0 Å². The van der Waals surface area contributed by atoms with Crippen molar-refractivity contribution in [1.82, 2.24) is 0 Å². The topological polar surface area (TPSA) is 43.4 Å². The van der Waals surface area contributed by atoms with E-state index in [0.717, 1.165) is 5.56 Å². The highest BCUT2D eigenvalue weighted by molar-refractivity contribution is 6.12. The average Bonchev–Trinajstić information content (AvgIpc) is 2.64. The molecule has 1 unspecified atom stereocenters. The van der Waals surface area contributed by atoms with Gasteiger partial charge in [-0.1, -0.05) is 13.0 Å². The second-order valence-electron chi connectivity index (χ2n) is 4.09. The van der Waals surface area contributed by atoms with Gasteiger partial charge in [-0.25, -0.2) is 4.39 Å². The summed E-state index contributed by atoms with van der Waals surface area (Å²) in [5.41, 5.74) is 1.03. The van der Waals surface area contributed by atoms with E-state index in [-0.39, 0.29) is 5.78 Å². The number of hydrogen-bond acceptors (Lipinski definition) is 3. The maximum Gasteiger partial charge on any atom is 0.317 e. The van der Waals surface area contributed by atoms with Crippen molar-refractivity contribution >= 4 is 11.8 Å². The van der Waals surface area contributed by atoms with Crippen LogP contribution in [0.3, 0.4) is 0 Å². The zero-order chi connectivity index (χ0) is 12.4. The molecule has 0 saturated carbocycles. The average molecular weight is 236 g/mol. The normalized spacial score (nSPS) is 18.0. The van der Waals surface area contributed by atoms with Crippen LogP contribution in [-0.2, 0) is 16.0 Å². The first-order valence-corrected chi connectivity index (χ1v) is 5.62. The first kappa shape index (κ1) is 11.8. The molecule has 0 aliphatic heterocycles. The minimum absolute atomic E-state index is 0.309. The molecule has 90 valence electrons. The lowest BCUT2D eigenvalue weighted by molar-refractivity contribution is -0.146. The van der Waals surface area contributed by atoms with Gasteiger partial charge in [0.1, 0.15) is 11.7 Å². The van der Waals surface area contributed by atoms with Crippen molar-refractivity contribution in [1.29, 1.82) is 0 Å². The van der Waals surface area contributed by atoms with Gasteiger partial charge in [0.2, 0.25) is 0 Å². The van der Waals surface area contributed by atoms with Crippen LogP contribution < -0.4 is 0 Å². The van der Waals surface area contributed by atoms with Gasteiger partial charge in [0.05, 0.1) is 6.61 Å². The SMILES string of the molecule is CCCOC(=O)C1Cc2ccc(F)cc2C1=O. The second-order valence-corrected chi connectivity index (χ2v) is 4.09. The van der Waals surface area contributed by atoms with E-state index in [2.05, 4.69) is 0 Å². The summed E-state index contributed by atoms with van der Waals surface area (Å²) in [5.74, 6) is -2.09. The number of Topliss-reactive ketones (excluding diaryl/α,β-unsaturated/α-hetero) is 1. The van der Waals surface area contributed by atoms with Crippen LogP contribution >= 0.6 is 0 Å². The molecule has 0 fully saturated rings. The van der Waals surface area contributed by atoms with Crippen LogP contribution in [0, 0.1) is 11.7 Å². The summed E-state index contributed by atoms with van der Waals surface area (Å²) in [5, 5.41) is 0. The molecule has 2 rings (SSSR count). The standard InChI is InChI=1S/C13H13FO3/c1-2-5-17-13(16)11-6-8-3-4-9(14)7-10(8)12(11)15/h3-4,7,11H,2,5-6H2,1H3. The van der Waals surface area contributed by atoms with Gasteiger partial charge in [0, 0.05) is 5.56 Å². The van der Waals surface area contributed by atoms with E-state index in [1.54, 1.807) is 6.07 Å². The van der Waals surface area contributed by atoms with Crippen LogP contribution in [0.1, 0.15) is 29.3 Å². The largest absolute Gasteiger partial charge is 0.465 e. The number of carbonyl (C=O) groups is 2. The molecule has 0 bridgehead atoms. The van der Waals surface area contributed by atoms with Gasteiger partial charge >= 0.3 is 5.97 Å². The Bertz CT molecular complexity index is 468. The highest BCUT2D eigenvalue weighted by Crippen LogP contribution is 2.28. The van der Waals surface area contributed by atoms with Gasteiger partial charge in [0.25, 0.3) is 0 Å². The maximum absolute atomic E-state index is 13.0. The van der Waals surface area contributed by atoms with Gasteiger partial charge in [-0.05, 0) is 30.5 Å². The molecule has 1 aliphatic carbocycles. The Balaban J connectivity index is 2.17. The van der Waals surface area contributed by atoms with Crippen LogP contribution in [0.4, 0.5) is 4.39 Å². The molecule has 0 spiro atoms. The van der Waals surface area contributed by atoms with E-state index in [1.807, 2.05) is 6.92 Å². The number of ketones is 1. The molecule has 1 aromatic rings. The lowest BCUT2D eigenvalue weighted by Crippen LogP contribution is -2.23. The molecular formula is C13H13FO3. The van der Waals surface area contributed by atoms with Crippen LogP contribution in [0.25, 0.3) is 0 Å². The first-order valence-electron chi connectivity index (χ1n) is 5.62. The fraction of sp³-hybridized carbons (Fsp3) is 0.385. The fourth-order valence-electron chi connectivity index (χ4n) is 1.95. The summed E-state index contributed by atoms with van der Waals surface area (Å²) in [6.45, 7) is 2.20. The molecule has 0 radical (unpaired) electrons. The number of esters is 1. The summed E-state index contributed by atoms with van der Waals surface area (Å²) < 4.78 is 18.0. The molecule has 0 N–H and O–H groups in total. The van der Waals surface area contributed by atoms with Gasteiger partial charge < -0.3 is 4.74 Å². The maximum atomic E-state index is 13.0. The predicted molar refractivity (Wildman–Crippen MR) is 59.2 cm³/mol. The summed E-state index contributed by atoms with van der Waals surface area (Å²) in [6, 6.07) is 4.03. The van der Waals surface area contributed by atoms with E-state index < -0.39 is 17.7 Å². The molecule has 0 saturated heterocycles. The highest BCUT2D eigenvalue weighted by atomic mass is 19.1. The Morgan fingerprint density at radius 1 is 1.53 bits per heavy atom. The molecular weight excluding hydrogens is 223 g/mol. The highest BCUT2D eigenvalue weighted by Gasteiger charge is 2.36. The molecule has 1 atom stereocenters. The number of halogens is 1. The van der Waals surface area contributed by atoms with Gasteiger partial charge in [0.15, 0.2) is 5.78 Å². The van der Waals surface area contributed by atoms with Crippen molar-refractivity contribution in [3.63, 3.8) is 0 Å². The van der Waals surface area contributed by atoms with Crippen molar-refractivity contribution in [3.8, 4) is 0 Å². The van der Waals surface area contributed by atoms with Crippen LogP contribution in [-0.4, -0.2) is 18.4 Å². The number of ether oxygens (including phenoxy) is 1. The van der Waals surface area contributed by atoms with Crippen molar-refractivity contribution in [3.05, 3.63) is 35.1 Å². The Morgan fingerprint density at radius 3 is 3.00 bits per heavy atom. The third-order valence-corrected chi connectivity index (χ3v) is 2.81. The van der Waals surface area contributed by atoms with Crippen molar-refractivity contribution in [2.45, 2.75) is 19.8 Å². The molecule has 4 heteroatoms. The third-order valence-electron chi connectivity index (χ3n) is 2.81. The van der Waals surface area contributed by atoms with E-state index in [0.29, 0.717) is 25.0 Å². The van der Waals surface area contributed by atoms with Gasteiger partial charge in [-0.2, -0.15) is 0 Å². The first-order chi connectivity index (χ1) is 8.13. The number of rotatable bonds is 3. The van der Waals surface area contributed by atoms with Crippen LogP contribution in [0.15, 0.2) is 18.2 Å². The van der Waals surface area contributed by atoms with Gasteiger partial charge in [-0.15, -0.1) is 0 Å². The summed E-state index contributed by atoms with van der Waals surface area (Å²) >= 11 is 0. The van der Waals surface area contributed by atoms with Crippen LogP contribution in [0.2, 0.25) is 0 Å². The third kappa shape index (κ3) is 2.20. The molecule has 0 aromatic heterocycles. The van der Waals surface area contributed by atoms with E-state index >= 15 is 0 Å². The molecule has 0 heterocycles. The summed E-state index contributed by atoms with van der Waals surface area (Å²) in [6.07, 6.45) is 1.03. The Kier molecular flexibility index (Phi) is 3.22. The van der Waals surface area contributed by atoms with Crippen molar-refractivity contribution in [2.75, 3.05) is 6.61 Å². The van der Waals surface area contributed by atoms with Crippen molar-refractivity contribution in [2.24, 2.45) is 5.92 Å². The number of benzene rings is 1. The number of carbonyl (C=O) groups excluding carboxylic acids is 2. The monoisotopic (exact) mass is 236 g/mol. The van der Waals surface area contributed by atoms with Gasteiger partial charge in [-0.3, -0.25) is 9.59 Å². The molecule has 0 amide bonds. The summed E-state index contributed by atoms with van der Waals surface area (Å²) in [4.78, 5) is 23.5. The van der Waals surface area contributed by atoms with E-state index in [4.69, 9.17) is 4.74 Å². The van der Waals surface area contributed by atoms with Crippen molar-refractivity contribution < 1.29 is 18.7 Å². The molecule has 3 nitrogen and oxygen atoms in total. The molecule has 17 heavy (non-hydrogen) atoms.